The average Bonchev–Trinajstić information content (AvgIpc) is 3.04. The van der Waals surface area contributed by atoms with Crippen LogP contribution in [-0.2, 0) is 11.8 Å². The first kappa shape index (κ1) is 19.7. The molecule has 3 atom stereocenters. The molecule has 2 N–H and O–H groups in total. The molecular weight excluding hydrogens is 308 g/mol. The van der Waals surface area contributed by atoms with Crippen LogP contribution in [0.5, 0.6) is 0 Å². The monoisotopic (exact) mass is 340 g/mol. The van der Waals surface area contributed by atoms with Gasteiger partial charge in [0.1, 0.15) is 0 Å². The van der Waals surface area contributed by atoms with Crippen LogP contribution in [0.1, 0.15) is 75.3 Å². The van der Waals surface area contributed by atoms with E-state index in [0.717, 1.165) is 24.8 Å². The van der Waals surface area contributed by atoms with Crippen molar-refractivity contribution in [1.29, 1.82) is 0 Å². The molecule has 2 aromatic rings. The molecule has 0 saturated heterocycles. The molecule has 2 aliphatic rings. The van der Waals surface area contributed by atoms with Crippen LogP contribution >= 0.6 is 0 Å². The lowest BCUT2D eigenvalue weighted by atomic mass is 9.71. The van der Waals surface area contributed by atoms with Gasteiger partial charge in [0.25, 0.3) is 0 Å². The zero-order valence-corrected chi connectivity index (χ0v) is 16.0. The maximum Gasteiger partial charge on any atom is 0.0890 e. The lowest BCUT2D eigenvalue weighted by molar-refractivity contribution is 0.0701. The number of benzene rings is 2. The van der Waals surface area contributed by atoms with Crippen molar-refractivity contribution in [3.63, 3.8) is 0 Å². The second kappa shape index (κ2) is 8.64. The zero-order chi connectivity index (χ0) is 18.4. The summed E-state index contributed by atoms with van der Waals surface area (Å²) in [7, 11) is 0. The van der Waals surface area contributed by atoms with Gasteiger partial charge in [-0.3, -0.25) is 0 Å². The minimum Gasteiger partial charge on any atom is -0.393 e. The van der Waals surface area contributed by atoms with Crippen LogP contribution in [0.25, 0.3) is 0 Å². The predicted octanol–water partition coefficient (Wildman–Crippen LogP) is 5.16. The Labute approximate surface area is 152 Å². The summed E-state index contributed by atoms with van der Waals surface area (Å²) in [6, 6.07) is 16.6. The van der Waals surface area contributed by atoms with E-state index >= 15 is 0 Å². The minimum atomic E-state index is -0.533. The van der Waals surface area contributed by atoms with Crippen LogP contribution in [-0.4, -0.2) is 16.3 Å². The van der Waals surface area contributed by atoms with Crippen molar-refractivity contribution in [2.45, 2.75) is 71.0 Å². The Balaban J connectivity index is 0.000000528. The summed E-state index contributed by atoms with van der Waals surface area (Å²) < 4.78 is 0. The van der Waals surface area contributed by atoms with Crippen LogP contribution in [0.15, 0.2) is 48.5 Å². The standard InChI is InChI=1S/C19H20O2.2C2H6/c20-15-9-10-19(12-15)17-8-4-2-6-14(17)11-13-5-1-3-7-16(13)18(19)21;2*1-2/h1-8,15,18,20-21H,9-12H2;2*1-2H3. The van der Waals surface area contributed by atoms with Crippen LogP contribution in [0, 0.1) is 0 Å². The molecule has 3 unspecified atom stereocenters. The Hall–Kier alpha value is -1.64. The SMILES string of the molecule is CC.CC.OC1CCC2(C1)c1ccccc1Cc1ccccc1C2O. The van der Waals surface area contributed by atoms with E-state index in [4.69, 9.17) is 0 Å². The molecule has 136 valence electrons. The van der Waals surface area contributed by atoms with Gasteiger partial charge in [-0.2, -0.15) is 0 Å². The van der Waals surface area contributed by atoms with Gasteiger partial charge in [-0.05, 0) is 47.9 Å². The van der Waals surface area contributed by atoms with E-state index in [1.54, 1.807) is 0 Å². The van der Waals surface area contributed by atoms with Gasteiger partial charge in [0.05, 0.1) is 12.2 Å². The molecule has 0 aromatic heterocycles. The fourth-order valence-corrected chi connectivity index (χ4v) is 4.31. The van der Waals surface area contributed by atoms with E-state index in [-0.39, 0.29) is 11.5 Å². The Kier molecular flexibility index (Phi) is 6.80. The molecule has 0 amide bonds. The number of aliphatic hydroxyl groups is 2. The first-order valence-electron chi connectivity index (χ1n) is 9.73. The summed E-state index contributed by atoms with van der Waals surface area (Å²) in [4.78, 5) is 0. The molecule has 2 nitrogen and oxygen atoms in total. The summed E-state index contributed by atoms with van der Waals surface area (Å²) in [5, 5.41) is 21.3. The summed E-state index contributed by atoms with van der Waals surface area (Å²) in [6.07, 6.45) is 2.29. The van der Waals surface area contributed by atoms with Crippen molar-refractivity contribution in [3.8, 4) is 0 Å². The van der Waals surface area contributed by atoms with Gasteiger partial charge in [-0.25, -0.2) is 0 Å². The number of fused-ring (bicyclic) bond motifs is 3. The molecule has 4 rings (SSSR count). The van der Waals surface area contributed by atoms with Crippen LogP contribution in [0.4, 0.5) is 0 Å². The van der Waals surface area contributed by atoms with E-state index in [0.29, 0.717) is 6.42 Å². The molecule has 1 fully saturated rings. The fraction of sp³-hybridized carbons (Fsp3) is 0.478. The first-order chi connectivity index (χ1) is 12.2. The highest BCUT2D eigenvalue weighted by Crippen LogP contribution is 2.53. The maximum atomic E-state index is 11.1. The van der Waals surface area contributed by atoms with E-state index in [1.807, 2.05) is 52.0 Å². The Morgan fingerprint density at radius 2 is 1.44 bits per heavy atom. The molecular formula is C23H32O2. The van der Waals surface area contributed by atoms with Crippen LogP contribution in [0.3, 0.4) is 0 Å². The van der Waals surface area contributed by atoms with Crippen molar-refractivity contribution in [3.05, 3.63) is 70.8 Å². The molecule has 0 heterocycles. The van der Waals surface area contributed by atoms with Gasteiger partial charge in [-0.15, -0.1) is 0 Å². The van der Waals surface area contributed by atoms with Crippen molar-refractivity contribution >= 4 is 0 Å². The van der Waals surface area contributed by atoms with Crippen molar-refractivity contribution in [1.82, 2.24) is 0 Å². The molecule has 0 radical (unpaired) electrons. The van der Waals surface area contributed by atoms with Gasteiger partial charge < -0.3 is 10.2 Å². The van der Waals surface area contributed by atoms with Crippen molar-refractivity contribution < 1.29 is 10.2 Å². The topological polar surface area (TPSA) is 40.5 Å². The largest absolute Gasteiger partial charge is 0.393 e. The third kappa shape index (κ3) is 3.51. The molecule has 2 aromatic carbocycles. The number of hydrogen-bond donors (Lipinski definition) is 2. The fourth-order valence-electron chi connectivity index (χ4n) is 4.31. The van der Waals surface area contributed by atoms with Gasteiger partial charge in [-0.1, -0.05) is 76.2 Å². The smallest absolute Gasteiger partial charge is 0.0890 e. The van der Waals surface area contributed by atoms with Gasteiger partial charge in [0.15, 0.2) is 0 Å². The molecule has 0 bridgehead atoms. The highest BCUT2D eigenvalue weighted by molar-refractivity contribution is 5.47. The maximum absolute atomic E-state index is 11.1. The third-order valence-electron chi connectivity index (χ3n) is 5.33. The quantitative estimate of drug-likeness (QED) is 0.695. The molecule has 25 heavy (non-hydrogen) atoms. The minimum absolute atomic E-state index is 0.307. The average molecular weight is 341 g/mol. The predicted molar refractivity (Wildman–Crippen MR) is 105 cm³/mol. The van der Waals surface area contributed by atoms with E-state index < -0.39 is 6.10 Å². The Morgan fingerprint density at radius 1 is 0.840 bits per heavy atom. The Bertz CT molecular complexity index is 679. The first-order valence-corrected chi connectivity index (χ1v) is 9.73. The molecule has 2 aliphatic carbocycles. The summed E-state index contributed by atoms with van der Waals surface area (Å²) in [6.45, 7) is 8.00. The highest BCUT2D eigenvalue weighted by Gasteiger charge is 2.48. The van der Waals surface area contributed by atoms with Crippen molar-refractivity contribution in [2.75, 3.05) is 0 Å². The van der Waals surface area contributed by atoms with E-state index in [2.05, 4.69) is 24.3 Å². The number of rotatable bonds is 0. The van der Waals surface area contributed by atoms with Crippen LogP contribution in [0.2, 0.25) is 0 Å². The molecule has 0 aliphatic heterocycles. The lowest BCUT2D eigenvalue weighted by Gasteiger charge is -2.35. The summed E-state index contributed by atoms with van der Waals surface area (Å²) in [5.74, 6) is 0. The number of aliphatic hydroxyl groups excluding tert-OH is 2. The lowest BCUT2D eigenvalue weighted by Crippen LogP contribution is -2.32. The second-order valence-corrected chi connectivity index (χ2v) is 6.49. The Morgan fingerprint density at radius 3 is 2.08 bits per heavy atom. The molecule has 1 spiro atoms. The van der Waals surface area contributed by atoms with Crippen LogP contribution < -0.4 is 0 Å². The number of hydrogen-bond acceptors (Lipinski definition) is 2. The van der Waals surface area contributed by atoms with E-state index in [1.165, 1.54) is 16.7 Å². The normalized spacial score (nSPS) is 26.3. The summed E-state index contributed by atoms with van der Waals surface area (Å²) in [5.41, 5.74) is 4.42. The summed E-state index contributed by atoms with van der Waals surface area (Å²) >= 11 is 0. The van der Waals surface area contributed by atoms with Gasteiger partial charge in [0, 0.05) is 5.41 Å². The van der Waals surface area contributed by atoms with Crippen molar-refractivity contribution in [2.24, 2.45) is 0 Å². The molecule has 1 saturated carbocycles. The zero-order valence-electron chi connectivity index (χ0n) is 16.0. The third-order valence-corrected chi connectivity index (χ3v) is 5.33. The van der Waals surface area contributed by atoms with Gasteiger partial charge in [0.2, 0.25) is 0 Å². The van der Waals surface area contributed by atoms with Gasteiger partial charge >= 0.3 is 0 Å². The second-order valence-electron chi connectivity index (χ2n) is 6.49. The van der Waals surface area contributed by atoms with E-state index in [9.17, 15) is 10.2 Å². The molecule has 2 heteroatoms. The highest BCUT2D eigenvalue weighted by atomic mass is 16.3.